The molecule has 0 radical (unpaired) electrons. The van der Waals surface area contributed by atoms with E-state index in [1.165, 1.54) is 0 Å². The first-order valence-electron chi connectivity index (χ1n) is 11.2. The van der Waals surface area contributed by atoms with Gasteiger partial charge in [-0.15, -0.1) is 0 Å². The van der Waals surface area contributed by atoms with Crippen molar-refractivity contribution in [3.63, 3.8) is 0 Å². The number of nitrogens with zero attached hydrogens (tertiary/aromatic N) is 4. The monoisotopic (exact) mass is 436 g/mol. The van der Waals surface area contributed by atoms with E-state index < -0.39 is 6.43 Å². The molecule has 0 N–H and O–H groups in total. The highest BCUT2D eigenvalue weighted by atomic mass is 19.3. The average Bonchev–Trinajstić information content (AvgIpc) is 2.82. The minimum absolute atomic E-state index is 0.0487. The summed E-state index contributed by atoms with van der Waals surface area (Å²) in [6, 6.07) is 9.46. The van der Waals surface area contributed by atoms with Gasteiger partial charge >= 0.3 is 0 Å². The van der Waals surface area contributed by atoms with Crippen LogP contribution in [0.25, 0.3) is 10.9 Å². The van der Waals surface area contributed by atoms with E-state index in [0.29, 0.717) is 25.5 Å². The van der Waals surface area contributed by atoms with Crippen LogP contribution in [0.1, 0.15) is 55.2 Å². The third-order valence-corrected chi connectivity index (χ3v) is 6.78. The fourth-order valence-corrected chi connectivity index (χ4v) is 5.12. The number of hydrogen-bond donors (Lipinski definition) is 0. The van der Waals surface area contributed by atoms with Crippen molar-refractivity contribution in [2.75, 3.05) is 24.5 Å². The lowest BCUT2D eigenvalue weighted by atomic mass is 9.83. The van der Waals surface area contributed by atoms with Crippen LogP contribution < -0.4 is 4.90 Å². The molecule has 0 saturated carbocycles. The minimum atomic E-state index is -2.55. The summed E-state index contributed by atoms with van der Waals surface area (Å²) in [5.74, 6) is 0.814. The molecule has 0 bridgehead atoms. The zero-order valence-electron chi connectivity index (χ0n) is 18.1. The summed E-state index contributed by atoms with van der Waals surface area (Å²) in [6.45, 7) is 3.53. The lowest BCUT2D eigenvalue weighted by Gasteiger charge is -2.35. The topological polar surface area (TPSA) is 49.3 Å². The maximum atomic E-state index is 14.2. The summed E-state index contributed by atoms with van der Waals surface area (Å²) in [5.41, 5.74) is 3.52. The standard InChI is InChI=1S/C25H26F2N4O/c1-16(32)30-12-7-17(8-13-30)20-14-19-5-3-11-31(22(19)15-21(20)24(26)27)25-23-18(6-10-29-25)4-2-9-28-23/h2,4,6,9-10,14-15,17,24H,3,5,7-8,11-13H2,1H3. The van der Waals surface area contributed by atoms with Crippen LogP contribution in [-0.4, -0.2) is 40.4 Å². The second kappa shape index (κ2) is 8.45. The molecule has 1 fully saturated rings. The molecule has 7 heteroatoms. The minimum Gasteiger partial charge on any atom is -0.343 e. The van der Waals surface area contributed by atoms with Crippen molar-refractivity contribution < 1.29 is 13.6 Å². The highest BCUT2D eigenvalue weighted by Gasteiger charge is 2.30. The van der Waals surface area contributed by atoms with Gasteiger partial charge in [0.05, 0.1) is 0 Å². The molecule has 32 heavy (non-hydrogen) atoms. The summed E-state index contributed by atoms with van der Waals surface area (Å²) in [5, 5.41) is 0.979. The van der Waals surface area contributed by atoms with Gasteiger partial charge in [-0.3, -0.25) is 9.78 Å². The second-order valence-electron chi connectivity index (χ2n) is 8.66. The molecule has 3 aromatic rings. The Morgan fingerprint density at radius 2 is 1.91 bits per heavy atom. The van der Waals surface area contributed by atoms with E-state index in [2.05, 4.69) is 9.97 Å². The number of likely N-dealkylation sites (tertiary alicyclic amines) is 1. The fourth-order valence-electron chi connectivity index (χ4n) is 5.12. The Labute approximate surface area is 186 Å². The van der Waals surface area contributed by atoms with Gasteiger partial charge in [-0.2, -0.15) is 0 Å². The zero-order chi connectivity index (χ0) is 22.2. The van der Waals surface area contributed by atoms with E-state index in [1.807, 2.05) is 29.2 Å². The van der Waals surface area contributed by atoms with E-state index >= 15 is 0 Å². The molecule has 2 aliphatic rings. The molecule has 5 nitrogen and oxygen atoms in total. The Kier molecular flexibility index (Phi) is 5.49. The summed E-state index contributed by atoms with van der Waals surface area (Å²) >= 11 is 0. The van der Waals surface area contributed by atoms with E-state index in [4.69, 9.17) is 0 Å². The van der Waals surface area contributed by atoms with Crippen LogP contribution in [-0.2, 0) is 11.2 Å². The van der Waals surface area contributed by atoms with Gasteiger partial charge < -0.3 is 9.80 Å². The SMILES string of the molecule is CC(=O)N1CCC(c2cc3c(cc2C(F)F)N(c2nccc4cccnc24)CCC3)CC1. The van der Waals surface area contributed by atoms with Crippen LogP contribution in [0.2, 0.25) is 0 Å². The van der Waals surface area contributed by atoms with E-state index in [1.54, 1.807) is 30.3 Å². The Hall–Kier alpha value is -3.09. The number of carbonyl (C=O) groups is 1. The lowest BCUT2D eigenvalue weighted by molar-refractivity contribution is -0.129. The third kappa shape index (κ3) is 3.70. The summed E-state index contributed by atoms with van der Waals surface area (Å²) in [4.78, 5) is 24.6. The number of pyridine rings is 2. The second-order valence-corrected chi connectivity index (χ2v) is 8.66. The highest BCUT2D eigenvalue weighted by Crippen LogP contribution is 2.42. The number of halogens is 2. The van der Waals surface area contributed by atoms with Crippen LogP contribution in [0.3, 0.4) is 0 Å². The number of aryl methyl sites for hydroxylation is 1. The fraction of sp³-hybridized carbons (Fsp3) is 0.400. The predicted octanol–water partition coefficient (Wildman–Crippen LogP) is 5.38. The molecule has 2 aliphatic heterocycles. The third-order valence-electron chi connectivity index (χ3n) is 6.78. The summed E-state index contributed by atoms with van der Waals surface area (Å²) in [6.07, 6.45) is 4.15. The Morgan fingerprint density at radius 3 is 2.66 bits per heavy atom. The molecule has 166 valence electrons. The van der Waals surface area contributed by atoms with Gasteiger partial charge in [0.1, 0.15) is 5.52 Å². The van der Waals surface area contributed by atoms with Crippen molar-refractivity contribution in [3.05, 3.63) is 59.4 Å². The smallest absolute Gasteiger partial charge is 0.264 e. The molecule has 4 heterocycles. The molecule has 0 aliphatic carbocycles. The lowest BCUT2D eigenvalue weighted by Crippen LogP contribution is -2.36. The molecule has 1 aromatic carbocycles. The number of rotatable bonds is 3. The van der Waals surface area contributed by atoms with Crippen LogP contribution >= 0.6 is 0 Å². The molecule has 1 saturated heterocycles. The van der Waals surface area contributed by atoms with Crippen LogP contribution in [0, 0.1) is 0 Å². The van der Waals surface area contributed by atoms with E-state index in [0.717, 1.165) is 53.4 Å². The van der Waals surface area contributed by atoms with Crippen LogP contribution in [0.15, 0.2) is 42.7 Å². The molecule has 2 aromatic heterocycles. The van der Waals surface area contributed by atoms with Crippen LogP contribution in [0.4, 0.5) is 20.3 Å². The first kappa shape index (κ1) is 20.8. The van der Waals surface area contributed by atoms with Gasteiger partial charge in [0.2, 0.25) is 5.91 Å². The van der Waals surface area contributed by atoms with Gasteiger partial charge in [-0.25, -0.2) is 13.8 Å². The van der Waals surface area contributed by atoms with Crippen molar-refractivity contribution in [2.45, 2.75) is 45.0 Å². The van der Waals surface area contributed by atoms with Gasteiger partial charge in [0.15, 0.2) is 5.82 Å². The maximum Gasteiger partial charge on any atom is 0.264 e. The zero-order valence-corrected chi connectivity index (χ0v) is 18.1. The normalized spacial score (nSPS) is 17.1. The molecule has 5 rings (SSSR count). The van der Waals surface area contributed by atoms with Crippen LogP contribution in [0.5, 0.6) is 0 Å². The number of amides is 1. The number of fused-ring (bicyclic) bond motifs is 2. The largest absolute Gasteiger partial charge is 0.343 e. The summed E-state index contributed by atoms with van der Waals surface area (Å²) < 4.78 is 28.5. The Bertz CT molecular complexity index is 1150. The van der Waals surface area contributed by atoms with Crippen molar-refractivity contribution in [1.82, 2.24) is 14.9 Å². The average molecular weight is 437 g/mol. The van der Waals surface area contributed by atoms with Crippen molar-refractivity contribution in [2.24, 2.45) is 0 Å². The number of benzene rings is 1. The van der Waals surface area contributed by atoms with Gasteiger partial charge in [0.25, 0.3) is 6.43 Å². The van der Waals surface area contributed by atoms with Crippen molar-refractivity contribution >= 4 is 28.3 Å². The molecule has 0 atom stereocenters. The van der Waals surface area contributed by atoms with Crippen molar-refractivity contribution in [1.29, 1.82) is 0 Å². The Morgan fingerprint density at radius 1 is 1.09 bits per heavy atom. The van der Waals surface area contributed by atoms with E-state index in [9.17, 15) is 13.6 Å². The molecule has 0 unspecified atom stereocenters. The quantitative estimate of drug-likeness (QED) is 0.553. The molecular weight excluding hydrogens is 410 g/mol. The highest BCUT2D eigenvalue weighted by molar-refractivity contribution is 5.91. The summed E-state index contributed by atoms with van der Waals surface area (Å²) in [7, 11) is 0. The molecule has 0 spiro atoms. The molecule has 1 amide bonds. The van der Waals surface area contributed by atoms with E-state index in [-0.39, 0.29) is 17.4 Å². The van der Waals surface area contributed by atoms with Gasteiger partial charge in [-0.05, 0) is 60.9 Å². The van der Waals surface area contributed by atoms with Gasteiger partial charge in [0, 0.05) is 55.6 Å². The number of carbonyl (C=O) groups excluding carboxylic acids is 1. The van der Waals surface area contributed by atoms with Gasteiger partial charge in [-0.1, -0.05) is 12.1 Å². The molecular formula is C25H26F2N4O. The number of hydrogen-bond acceptors (Lipinski definition) is 4. The first-order valence-corrected chi connectivity index (χ1v) is 11.2. The number of aromatic nitrogens is 2. The maximum absolute atomic E-state index is 14.2. The first-order chi connectivity index (χ1) is 15.5. The Balaban J connectivity index is 1.55. The number of piperidine rings is 1. The van der Waals surface area contributed by atoms with Crippen molar-refractivity contribution in [3.8, 4) is 0 Å². The predicted molar refractivity (Wildman–Crippen MR) is 120 cm³/mol. The number of alkyl halides is 2. The number of anilines is 2.